The molecule has 1 heterocycles. The lowest BCUT2D eigenvalue weighted by molar-refractivity contribution is -0.137. The normalized spacial score (nSPS) is 10.4. The maximum atomic E-state index is 12.8. The Morgan fingerprint density at radius 2 is 1.74 bits per heavy atom. The highest BCUT2D eigenvalue weighted by Crippen LogP contribution is 2.19. The third-order valence-electron chi connectivity index (χ3n) is 3.73. The van der Waals surface area contributed by atoms with E-state index in [1.807, 2.05) is 0 Å². The van der Waals surface area contributed by atoms with E-state index in [1.165, 1.54) is 6.20 Å². The van der Waals surface area contributed by atoms with Crippen LogP contribution in [0.5, 0.6) is 0 Å². The number of carbonyl (C=O) groups excluding carboxylic acids is 1. The van der Waals surface area contributed by atoms with Crippen molar-refractivity contribution in [3.63, 3.8) is 0 Å². The molecule has 3 rings (SSSR count). The molecule has 3 aromatic rings. The van der Waals surface area contributed by atoms with Crippen LogP contribution in [0.1, 0.15) is 10.4 Å². The number of benzene rings is 2. The molecule has 27 heavy (non-hydrogen) atoms. The summed E-state index contributed by atoms with van der Waals surface area (Å²) in [6.07, 6.45) is 1.21. The summed E-state index contributed by atoms with van der Waals surface area (Å²) in [5.41, 5.74) is 0.117. The van der Waals surface area contributed by atoms with Gasteiger partial charge in [0.1, 0.15) is 18.1 Å². The average Bonchev–Trinajstić information content (AvgIpc) is 2.66. The first-order valence-electron chi connectivity index (χ1n) is 7.89. The highest BCUT2D eigenvalue weighted by molar-refractivity contribution is 6.30. The Labute approximate surface area is 158 Å². The van der Waals surface area contributed by atoms with Crippen molar-refractivity contribution >= 4 is 29.2 Å². The molecule has 2 N–H and O–H groups in total. The lowest BCUT2D eigenvalue weighted by Gasteiger charge is -2.13. The molecule has 0 radical (unpaired) electrons. The summed E-state index contributed by atoms with van der Waals surface area (Å²) in [6, 6.07) is 14.8. The molecule has 1 amide bonds. The molecular weight excluding hydrogens is 370 g/mol. The number of halogens is 1. The number of carboxylic acids is 1. The van der Waals surface area contributed by atoms with Gasteiger partial charge in [-0.05, 0) is 36.4 Å². The number of carboxylic acid groups (broad SMARTS) is 1. The summed E-state index contributed by atoms with van der Waals surface area (Å²) in [4.78, 5) is 40.4. The standard InChI is InChI=1S/C19H14ClN3O4/c20-14-8-6-12(7-9-14)17-21-10-15(19(27)23(17)11-16(24)25)22-18(26)13-4-2-1-3-5-13/h1-10H,11H2,(H,22,26)(H,24,25). The minimum atomic E-state index is -1.21. The van der Waals surface area contributed by atoms with Crippen molar-refractivity contribution in [3.8, 4) is 11.4 Å². The number of carbonyl (C=O) groups is 2. The van der Waals surface area contributed by atoms with Crippen molar-refractivity contribution in [1.29, 1.82) is 0 Å². The highest BCUT2D eigenvalue weighted by Gasteiger charge is 2.16. The number of aliphatic carboxylic acids is 1. The van der Waals surface area contributed by atoms with E-state index in [2.05, 4.69) is 10.3 Å². The third kappa shape index (κ3) is 4.21. The number of nitrogens with one attached hydrogen (secondary N) is 1. The van der Waals surface area contributed by atoms with Crippen molar-refractivity contribution in [2.75, 3.05) is 5.32 Å². The second-order valence-corrected chi connectivity index (χ2v) is 6.04. The number of hydrogen-bond acceptors (Lipinski definition) is 4. The Balaban J connectivity index is 2.02. The average molecular weight is 384 g/mol. The molecule has 8 heteroatoms. The molecule has 2 aromatic carbocycles. The Bertz CT molecular complexity index is 1050. The van der Waals surface area contributed by atoms with Gasteiger partial charge in [0, 0.05) is 16.1 Å². The summed E-state index contributed by atoms with van der Waals surface area (Å²) < 4.78 is 0.992. The molecule has 0 aliphatic carbocycles. The molecule has 0 atom stereocenters. The maximum Gasteiger partial charge on any atom is 0.323 e. The molecule has 0 saturated heterocycles. The second kappa shape index (κ2) is 7.84. The fraction of sp³-hybridized carbons (Fsp3) is 0.0526. The maximum absolute atomic E-state index is 12.8. The quantitative estimate of drug-likeness (QED) is 0.705. The largest absolute Gasteiger partial charge is 0.480 e. The van der Waals surface area contributed by atoms with Crippen LogP contribution >= 0.6 is 11.6 Å². The molecular formula is C19H14ClN3O4. The van der Waals surface area contributed by atoms with Gasteiger partial charge in [0.05, 0.1) is 6.20 Å². The molecule has 0 unspecified atom stereocenters. The minimum Gasteiger partial charge on any atom is -0.480 e. The van der Waals surface area contributed by atoms with Gasteiger partial charge in [-0.3, -0.25) is 19.0 Å². The van der Waals surface area contributed by atoms with Crippen LogP contribution in [0.3, 0.4) is 0 Å². The van der Waals surface area contributed by atoms with Crippen LogP contribution in [-0.4, -0.2) is 26.5 Å². The molecule has 7 nitrogen and oxygen atoms in total. The van der Waals surface area contributed by atoms with Crippen LogP contribution in [0.25, 0.3) is 11.4 Å². The zero-order chi connectivity index (χ0) is 19.4. The Kier molecular flexibility index (Phi) is 5.33. The van der Waals surface area contributed by atoms with Crippen molar-refractivity contribution in [1.82, 2.24) is 9.55 Å². The molecule has 0 saturated carbocycles. The highest BCUT2D eigenvalue weighted by atomic mass is 35.5. The van der Waals surface area contributed by atoms with E-state index in [-0.39, 0.29) is 11.5 Å². The number of anilines is 1. The topological polar surface area (TPSA) is 101 Å². The second-order valence-electron chi connectivity index (χ2n) is 5.61. The smallest absolute Gasteiger partial charge is 0.323 e. The van der Waals surface area contributed by atoms with Crippen LogP contribution in [0.4, 0.5) is 5.69 Å². The lowest BCUT2D eigenvalue weighted by Crippen LogP contribution is -2.30. The van der Waals surface area contributed by atoms with E-state index < -0.39 is 24.0 Å². The molecule has 1 aromatic heterocycles. The molecule has 0 aliphatic rings. The minimum absolute atomic E-state index is 0.109. The predicted molar refractivity (Wildman–Crippen MR) is 101 cm³/mol. The summed E-state index contributed by atoms with van der Waals surface area (Å²) in [5.74, 6) is -1.53. The predicted octanol–water partition coefficient (Wildman–Crippen LogP) is 2.90. The van der Waals surface area contributed by atoms with Gasteiger partial charge in [0.15, 0.2) is 0 Å². The van der Waals surface area contributed by atoms with E-state index >= 15 is 0 Å². The fourth-order valence-electron chi connectivity index (χ4n) is 2.47. The summed E-state index contributed by atoms with van der Waals surface area (Å²) in [5, 5.41) is 12.1. The monoisotopic (exact) mass is 383 g/mol. The van der Waals surface area contributed by atoms with Crippen molar-refractivity contribution in [2.24, 2.45) is 0 Å². The zero-order valence-electron chi connectivity index (χ0n) is 13.9. The van der Waals surface area contributed by atoms with E-state index in [0.717, 1.165) is 4.57 Å². The number of rotatable bonds is 5. The first-order chi connectivity index (χ1) is 13.0. The van der Waals surface area contributed by atoms with Gasteiger partial charge >= 0.3 is 5.97 Å². The number of nitrogens with zero attached hydrogens (tertiary/aromatic N) is 2. The van der Waals surface area contributed by atoms with E-state index in [0.29, 0.717) is 16.1 Å². The van der Waals surface area contributed by atoms with Gasteiger partial charge in [-0.15, -0.1) is 0 Å². The number of aromatic nitrogens is 2. The zero-order valence-corrected chi connectivity index (χ0v) is 14.7. The van der Waals surface area contributed by atoms with Gasteiger partial charge < -0.3 is 10.4 Å². The summed E-state index contributed by atoms with van der Waals surface area (Å²) >= 11 is 5.86. The van der Waals surface area contributed by atoms with Crippen LogP contribution in [0, 0.1) is 0 Å². The van der Waals surface area contributed by atoms with Crippen LogP contribution in [0.2, 0.25) is 5.02 Å². The van der Waals surface area contributed by atoms with E-state index in [9.17, 15) is 14.4 Å². The molecule has 0 spiro atoms. The Morgan fingerprint density at radius 3 is 2.37 bits per heavy atom. The Hall–Kier alpha value is -3.45. The lowest BCUT2D eigenvalue weighted by atomic mass is 10.2. The van der Waals surface area contributed by atoms with Gasteiger partial charge in [0.2, 0.25) is 0 Å². The van der Waals surface area contributed by atoms with Gasteiger partial charge in [-0.2, -0.15) is 0 Å². The first-order valence-corrected chi connectivity index (χ1v) is 8.27. The first kappa shape index (κ1) is 18.3. The van der Waals surface area contributed by atoms with Gasteiger partial charge in [-0.1, -0.05) is 29.8 Å². The summed E-state index contributed by atoms with van der Waals surface area (Å²) in [7, 11) is 0. The molecule has 136 valence electrons. The van der Waals surface area contributed by atoms with Crippen LogP contribution in [0.15, 0.2) is 65.6 Å². The molecule has 0 fully saturated rings. The van der Waals surface area contributed by atoms with E-state index in [4.69, 9.17) is 16.7 Å². The van der Waals surface area contributed by atoms with Crippen molar-refractivity contribution in [2.45, 2.75) is 6.54 Å². The van der Waals surface area contributed by atoms with E-state index in [1.54, 1.807) is 54.6 Å². The third-order valence-corrected chi connectivity index (χ3v) is 3.98. The van der Waals surface area contributed by atoms with Crippen LogP contribution in [-0.2, 0) is 11.3 Å². The summed E-state index contributed by atoms with van der Waals surface area (Å²) in [6.45, 7) is -0.598. The number of hydrogen-bond donors (Lipinski definition) is 2. The van der Waals surface area contributed by atoms with Crippen molar-refractivity contribution in [3.05, 3.63) is 81.7 Å². The van der Waals surface area contributed by atoms with Gasteiger partial charge in [-0.25, -0.2) is 4.98 Å². The number of amides is 1. The van der Waals surface area contributed by atoms with Crippen molar-refractivity contribution < 1.29 is 14.7 Å². The SMILES string of the molecule is O=C(O)Cn1c(-c2ccc(Cl)cc2)ncc(NC(=O)c2ccccc2)c1=O. The fourth-order valence-corrected chi connectivity index (χ4v) is 2.60. The van der Waals surface area contributed by atoms with Gasteiger partial charge in [0.25, 0.3) is 11.5 Å². The molecule has 0 aliphatic heterocycles. The van der Waals surface area contributed by atoms with Crippen LogP contribution < -0.4 is 10.9 Å². The molecule has 0 bridgehead atoms. The Morgan fingerprint density at radius 1 is 1.07 bits per heavy atom.